The number of piperidine rings is 1. The Balaban J connectivity index is 1.23. The lowest BCUT2D eigenvalue weighted by molar-refractivity contribution is -0.132. The van der Waals surface area contributed by atoms with E-state index < -0.39 is 6.09 Å². The fourth-order valence-corrected chi connectivity index (χ4v) is 5.01. The highest BCUT2D eigenvalue weighted by molar-refractivity contribution is 5.97. The van der Waals surface area contributed by atoms with Crippen LogP contribution in [0.1, 0.15) is 34.3 Å². The van der Waals surface area contributed by atoms with E-state index in [0.29, 0.717) is 38.4 Å². The number of benzene rings is 1. The summed E-state index contributed by atoms with van der Waals surface area (Å²) >= 11 is 0. The van der Waals surface area contributed by atoms with Gasteiger partial charge in [0, 0.05) is 49.1 Å². The molecule has 2 aromatic rings. The maximum atomic E-state index is 12.9. The van der Waals surface area contributed by atoms with Crippen LogP contribution in [-0.2, 0) is 22.6 Å². The number of likely N-dealkylation sites (tertiary alicyclic amines) is 1. The van der Waals surface area contributed by atoms with E-state index in [2.05, 4.69) is 22.0 Å². The zero-order valence-electron chi connectivity index (χ0n) is 19.7. The molecule has 0 N–H and O–H groups in total. The van der Waals surface area contributed by atoms with Crippen LogP contribution in [0.15, 0.2) is 42.7 Å². The van der Waals surface area contributed by atoms with Gasteiger partial charge >= 0.3 is 6.09 Å². The van der Waals surface area contributed by atoms with Gasteiger partial charge in [0.2, 0.25) is 5.91 Å². The first kappa shape index (κ1) is 23.3. The van der Waals surface area contributed by atoms with Gasteiger partial charge in [-0.15, -0.1) is 0 Å². The van der Waals surface area contributed by atoms with Gasteiger partial charge in [0.25, 0.3) is 0 Å². The van der Waals surface area contributed by atoms with Crippen LogP contribution >= 0.6 is 0 Å². The highest BCUT2D eigenvalue weighted by Crippen LogP contribution is 2.27. The van der Waals surface area contributed by atoms with Crippen molar-refractivity contribution < 1.29 is 23.9 Å². The van der Waals surface area contributed by atoms with Crippen LogP contribution < -0.4 is 4.74 Å². The van der Waals surface area contributed by atoms with Crippen LogP contribution in [0.25, 0.3) is 0 Å². The minimum Gasteiger partial charge on any atom is -0.491 e. The summed E-state index contributed by atoms with van der Waals surface area (Å²) in [6, 6.07) is 9.76. The number of carbonyl (C=O) groups is 3. The van der Waals surface area contributed by atoms with Gasteiger partial charge < -0.3 is 14.4 Å². The Morgan fingerprint density at radius 2 is 1.97 bits per heavy atom. The molecule has 0 saturated carbocycles. The zero-order chi connectivity index (χ0) is 24.2. The number of aromatic nitrogens is 1. The predicted molar refractivity (Wildman–Crippen MR) is 127 cm³/mol. The van der Waals surface area contributed by atoms with Gasteiger partial charge in [-0.3, -0.25) is 24.4 Å². The van der Waals surface area contributed by atoms with E-state index in [4.69, 9.17) is 9.47 Å². The van der Waals surface area contributed by atoms with Crippen molar-refractivity contribution in [1.82, 2.24) is 19.7 Å². The number of hydrogen-bond acceptors (Lipinski definition) is 7. The number of amides is 2. The molecule has 1 atom stereocenters. The molecule has 0 bridgehead atoms. The average Bonchev–Trinajstić information content (AvgIpc) is 3.16. The molecule has 184 valence electrons. The summed E-state index contributed by atoms with van der Waals surface area (Å²) in [7, 11) is 0. The van der Waals surface area contributed by atoms with Gasteiger partial charge in [-0.2, -0.15) is 0 Å². The molecule has 0 spiro atoms. The van der Waals surface area contributed by atoms with E-state index in [1.165, 1.54) is 4.90 Å². The lowest BCUT2D eigenvalue weighted by Crippen LogP contribution is -2.41. The number of nitrogens with zero attached hydrogens (tertiary/aromatic N) is 4. The Labute approximate surface area is 204 Å². The maximum absolute atomic E-state index is 12.9. The number of ether oxygens (including phenoxy) is 2. The molecule has 0 aliphatic carbocycles. The molecule has 4 heterocycles. The number of cyclic esters (lactones) is 1. The molecule has 0 unspecified atom stereocenters. The molecule has 2 fully saturated rings. The number of rotatable bonds is 6. The summed E-state index contributed by atoms with van der Waals surface area (Å²) in [6.07, 6.45) is 4.76. The van der Waals surface area contributed by atoms with Crippen molar-refractivity contribution in [2.24, 2.45) is 5.92 Å². The fraction of sp³-hybridized carbons (Fsp3) is 0.462. The molecule has 1 aromatic carbocycles. The van der Waals surface area contributed by atoms with Crippen molar-refractivity contribution in [3.63, 3.8) is 0 Å². The lowest BCUT2D eigenvalue weighted by Gasteiger charge is -2.32. The summed E-state index contributed by atoms with van der Waals surface area (Å²) in [5, 5.41) is 0. The standard InChI is InChI=1S/C26H30N4O5/c31-24(18-30-10-12-35-26(30)33)29-9-11-34-23-6-5-19(13-22(23)17-29)15-28-8-2-4-21(16-28)25(32)20-3-1-7-27-14-20/h1,3,5-7,13-14,21H,2,4,8-12,15-18H2/t21-/m0/s1. The van der Waals surface area contributed by atoms with Crippen LogP contribution in [-0.4, -0.2) is 83.4 Å². The Hall–Kier alpha value is -3.46. The largest absolute Gasteiger partial charge is 0.491 e. The lowest BCUT2D eigenvalue weighted by atomic mass is 9.90. The van der Waals surface area contributed by atoms with E-state index in [1.54, 1.807) is 23.4 Å². The second kappa shape index (κ2) is 10.4. The van der Waals surface area contributed by atoms with E-state index in [-0.39, 0.29) is 24.2 Å². The van der Waals surface area contributed by atoms with Crippen molar-refractivity contribution in [1.29, 1.82) is 0 Å². The molecule has 5 rings (SSSR count). The minimum atomic E-state index is -0.436. The summed E-state index contributed by atoms with van der Waals surface area (Å²) in [6.45, 7) is 4.50. The minimum absolute atomic E-state index is 0.0218. The molecule has 9 nitrogen and oxygen atoms in total. The first-order valence-electron chi connectivity index (χ1n) is 12.2. The van der Waals surface area contributed by atoms with E-state index >= 15 is 0 Å². The summed E-state index contributed by atoms with van der Waals surface area (Å²) < 4.78 is 10.8. The van der Waals surface area contributed by atoms with Gasteiger partial charge in [0.15, 0.2) is 5.78 Å². The Kier molecular flexibility index (Phi) is 6.94. The Morgan fingerprint density at radius 3 is 2.77 bits per heavy atom. The van der Waals surface area contributed by atoms with Crippen LogP contribution in [0.3, 0.4) is 0 Å². The third-order valence-corrected chi connectivity index (χ3v) is 6.86. The smallest absolute Gasteiger partial charge is 0.410 e. The van der Waals surface area contributed by atoms with Crippen molar-refractivity contribution >= 4 is 17.8 Å². The van der Waals surface area contributed by atoms with E-state index in [9.17, 15) is 14.4 Å². The normalized spacial score (nSPS) is 20.6. The second-order valence-corrected chi connectivity index (χ2v) is 9.32. The van der Waals surface area contributed by atoms with Crippen molar-refractivity contribution in [2.75, 3.05) is 45.9 Å². The second-order valence-electron chi connectivity index (χ2n) is 9.32. The molecular weight excluding hydrogens is 448 g/mol. The van der Waals surface area contributed by atoms with Gasteiger partial charge in [-0.1, -0.05) is 6.07 Å². The van der Waals surface area contributed by atoms with Crippen LogP contribution in [0.2, 0.25) is 0 Å². The van der Waals surface area contributed by atoms with Gasteiger partial charge in [-0.05, 0) is 49.2 Å². The van der Waals surface area contributed by atoms with Gasteiger partial charge in [-0.25, -0.2) is 4.79 Å². The van der Waals surface area contributed by atoms with Crippen LogP contribution in [0.5, 0.6) is 5.75 Å². The van der Waals surface area contributed by atoms with Gasteiger partial charge in [0.1, 0.15) is 25.5 Å². The highest BCUT2D eigenvalue weighted by atomic mass is 16.6. The first-order valence-corrected chi connectivity index (χ1v) is 12.2. The van der Waals surface area contributed by atoms with Crippen molar-refractivity contribution in [3.05, 3.63) is 59.4 Å². The number of ketones is 1. The van der Waals surface area contributed by atoms with Crippen molar-refractivity contribution in [3.8, 4) is 5.75 Å². The third kappa shape index (κ3) is 5.45. The maximum Gasteiger partial charge on any atom is 0.410 e. The van der Waals surface area contributed by atoms with Gasteiger partial charge in [0.05, 0.1) is 13.1 Å². The molecule has 3 aliphatic heterocycles. The molecular formula is C26H30N4O5. The molecule has 3 aliphatic rings. The average molecular weight is 479 g/mol. The molecule has 2 amide bonds. The molecule has 2 saturated heterocycles. The Bertz CT molecular complexity index is 1090. The van der Waals surface area contributed by atoms with Crippen LogP contribution in [0, 0.1) is 5.92 Å². The fourth-order valence-electron chi connectivity index (χ4n) is 5.01. The van der Waals surface area contributed by atoms with E-state index in [1.807, 2.05) is 12.1 Å². The number of pyridine rings is 1. The first-order chi connectivity index (χ1) is 17.1. The summed E-state index contributed by atoms with van der Waals surface area (Å²) in [5.74, 6) is 0.808. The highest BCUT2D eigenvalue weighted by Gasteiger charge is 2.29. The zero-order valence-corrected chi connectivity index (χ0v) is 19.7. The van der Waals surface area contributed by atoms with Crippen LogP contribution in [0.4, 0.5) is 4.79 Å². The number of carbonyl (C=O) groups excluding carboxylic acids is 3. The topological polar surface area (TPSA) is 92.3 Å². The quantitative estimate of drug-likeness (QED) is 0.589. The molecule has 9 heteroatoms. The van der Waals surface area contributed by atoms with E-state index in [0.717, 1.165) is 49.4 Å². The summed E-state index contributed by atoms with van der Waals surface area (Å²) in [4.78, 5) is 47.1. The number of Topliss-reactive ketones (excluding diaryl/α,β-unsaturated/α-hetero) is 1. The molecule has 1 aromatic heterocycles. The summed E-state index contributed by atoms with van der Waals surface area (Å²) in [5.41, 5.74) is 2.75. The molecule has 35 heavy (non-hydrogen) atoms. The SMILES string of the molecule is O=C(c1cccnc1)[C@H]1CCCN(Cc2ccc3c(c2)CN(C(=O)CN2CCOC2=O)CCO3)C1. The Morgan fingerprint density at radius 1 is 1.09 bits per heavy atom. The predicted octanol–water partition coefficient (Wildman–Crippen LogP) is 2.35. The third-order valence-electron chi connectivity index (χ3n) is 6.86. The van der Waals surface area contributed by atoms with Crippen molar-refractivity contribution in [2.45, 2.75) is 25.9 Å². The monoisotopic (exact) mass is 478 g/mol. The number of fused-ring (bicyclic) bond motifs is 1. The molecule has 0 radical (unpaired) electrons. The number of hydrogen-bond donors (Lipinski definition) is 0.